The van der Waals surface area contributed by atoms with E-state index in [4.69, 9.17) is 5.73 Å². The highest BCUT2D eigenvalue weighted by Gasteiger charge is 2.10. The van der Waals surface area contributed by atoms with Crippen LogP contribution in [0.3, 0.4) is 0 Å². The Morgan fingerprint density at radius 1 is 1.32 bits per heavy atom. The normalized spacial score (nSPS) is 10.4. The maximum atomic E-state index is 12.0. The molecule has 0 unspecified atom stereocenters. The fraction of sp³-hybridized carbons (Fsp3) is 0.500. The maximum Gasteiger partial charge on any atom is 0.252 e. The number of thioether (sulfide) groups is 1. The summed E-state index contributed by atoms with van der Waals surface area (Å²) < 4.78 is 0.674. The van der Waals surface area contributed by atoms with Gasteiger partial charge in [-0.2, -0.15) is 11.8 Å². The monoisotopic (exact) mass is 344 g/mol. The number of carbonyl (C=O) groups is 1. The van der Waals surface area contributed by atoms with Crippen LogP contribution >= 0.6 is 27.7 Å². The molecule has 5 heteroatoms. The number of carbonyl (C=O) groups excluding carboxylic acids is 1. The Morgan fingerprint density at radius 2 is 2.05 bits per heavy atom. The van der Waals surface area contributed by atoms with Crippen LogP contribution in [0.2, 0.25) is 0 Å². The molecule has 0 bridgehead atoms. The van der Waals surface area contributed by atoms with Gasteiger partial charge in [-0.25, -0.2) is 0 Å². The van der Waals surface area contributed by atoms with Gasteiger partial charge in [0.15, 0.2) is 0 Å². The van der Waals surface area contributed by atoms with E-state index in [-0.39, 0.29) is 5.91 Å². The van der Waals surface area contributed by atoms with Crippen molar-refractivity contribution in [1.29, 1.82) is 0 Å². The number of hydrogen-bond acceptors (Lipinski definition) is 3. The number of rotatable bonds is 8. The fourth-order valence-electron chi connectivity index (χ4n) is 1.75. The van der Waals surface area contributed by atoms with Gasteiger partial charge < -0.3 is 11.1 Å². The molecule has 1 aromatic carbocycles. The van der Waals surface area contributed by atoms with Crippen LogP contribution < -0.4 is 11.1 Å². The van der Waals surface area contributed by atoms with E-state index in [0.717, 1.165) is 13.0 Å². The van der Waals surface area contributed by atoms with Crippen molar-refractivity contribution in [2.75, 3.05) is 24.3 Å². The summed E-state index contributed by atoms with van der Waals surface area (Å²) in [6.07, 6.45) is 6.82. The molecular formula is C14H21BrN2OS. The number of anilines is 1. The number of unbranched alkanes of at least 4 members (excludes halogenated alkanes) is 3. The molecule has 0 saturated heterocycles. The third-order valence-corrected chi connectivity index (χ3v) is 4.42. The van der Waals surface area contributed by atoms with Crippen molar-refractivity contribution in [2.45, 2.75) is 25.7 Å². The fourth-order valence-corrected chi connectivity index (χ4v) is 2.68. The molecule has 3 nitrogen and oxygen atoms in total. The van der Waals surface area contributed by atoms with Gasteiger partial charge in [0, 0.05) is 12.2 Å². The molecule has 0 radical (unpaired) electrons. The standard InChI is InChI=1S/C14H21BrN2OS/c1-19-10-5-3-2-4-9-17-14(18)11-7-6-8-12(16)13(11)15/h6-8H,2-5,9-10,16H2,1H3,(H,17,18). The van der Waals surface area contributed by atoms with Gasteiger partial charge in [-0.1, -0.05) is 18.9 Å². The van der Waals surface area contributed by atoms with Gasteiger partial charge in [0.25, 0.3) is 5.91 Å². The molecule has 0 heterocycles. The molecule has 0 aromatic heterocycles. The molecule has 106 valence electrons. The lowest BCUT2D eigenvalue weighted by molar-refractivity contribution is 0.0952. The Labute approximate surface area is 127 Å². The number of nitrogens with one attached hydrogen (secondary N) is 1. The van der Waals surface area contributed by atoms with Gasteiger partial charge in [0.1, 0.15) is 0 Å². The summed E-state index contributed by atoms with van der Waals surface area (Å²) in [4.78, 5) is 12.0. The zero-order valence-corrected chi connectivity index (χ0v) is 13.6. The van der Waals surface area contributed by atoms with Crippen LogP contribution in [0.4, 0.5) is 5.69 Å². The number of benzene rings is 1. The minimum atomic E-state index is -0.0664. The minimum Gasteiger partial charge on any atom is -0.398 e. The van der Waals surface area contributed by atoms with Crippen molar-refractivity contribution in [1.82, 2.24) is 5.32 Å². The van der Waals surface area contributed by atoms with E-state index in [0.29, 0.717) is 15.7 Å². The van der Waals surface area contributed by atoms with Crippen molar-refractivity contribution in [3.63, 3.8) is 0 Å². The van der Waals surface area contributed by atoms with Crippen LogP contribution in [0.15, 0.2) is 22.7 Å². The average Bonchev–Trinajstić information content (AvgIpc) is 2.40. The van der Waals surface area contributed by atoms with E-state index >= 15 is 0 Å². The summed E-state index contributed by atoms with van der Waals surface area (Å²) in [5.41, 5.74) is 6.94. The summed E-state index contributed by atoms with van der Waals surface area (Å²) in [6, 6.07) is 5.33. The van der Waals surface area contributed by atoms with Gasteiger partial charge >= 0.3 is 0 Å². The molecule has 0 aliphatic rings. The third kappa shape index (κ3) is 5.87. The molecule has 0 spiro atoms. The van der Waals surface area contributed by atoms with Gasteiger partial charge in [0.2, 0.25) is 0 Å². The van der Waals surface area contributed by atoms with Crippen molar-refractivity contribution in [2.24, 2.45) is 0 Å². The number of nitrogens with two attached hydrogens (primary N) is 1. The van der Waals surface area contributed by atoms with Gasteiger partial charge in [-0.05, 0) is 52.9 Å². The lowest BCUT2D eigenvalue weighted by atomic mass is 10.1. The SMILES string of the molecule is CSCCCCCCNC(=O)c1cccc(N)c1Br. The predicted octanol–water partition coefficient (Wildman–Crippen LogP) is 3.68. The summed E-state index contributed by atoms with van der Waals surface area (Å²) in [5.74, 6) is 1.16. The zero-order chi connectivity index (χ0) is 14.1. The minimum absolute atomic E-state index is 0.0664. The summed E-state index contributed by atoms with van der Waals surface area (Å²) in [5, 5.41) is 2.93. The topological polar surface area (TPSA) is 55.1 Å². The molecule has 19 heavy (non-hydrogen) atoms. The Morgan fingerprint density at radius 3 is 2.79 bits per heavy atom. The Kier molecular flexibility index (Phi) is 7.98. The smallest absolute Gasteiger partial charge is 0.252 e. The van der Waals surface area contributed by atoms with Crippen LogP contribution in [0.1, 0.15) is 36.0 Å². The van der Waals surface area contributed by atoms with E-state index in [1.165, 1.54) is 25.0 Å². The molecule has 1 amide bonds. The van der Waals surface area contributed by atoms with E-state index in [2.05, 4.69) is 27.5 Å². The molecular weight excluding hydrogens is 324 g/mol. The molecule has 0 fully saturated rings. The highest BCUT2D eigenvalue weighted by atomic mass is 79.9. The van der Waals surface area contributed by atoms with Crippen molar-refractivity contribution in [3.05, 3.63) is 28.2 Å². The summed E-state index contributed by atoms with van der Waals surface area (Å²) >= 11 is 5.23. The molecule has 0 atom stereocenters. The van der Waals surface area contributed by atoms with Crippen LogP contribution in [-0.4, -0.2) is 24.5 Å². The summed E-state index contributed by atoms with van der Waals surface area (Å²) in [7, 11) is 0. The van der Waals surface area contributed by atoms with Crippen LogP contribution in [0, 0.1) is 0 Å². The quantitative estimate of drug-likeness (QED) is 0.558. The van der Waals surface area contributed by atoms with E-state index in [9.17, 15) is 4.79 Å². The predicted molar refractivity (Wildman–Crippen MR) is 87.7 cm³/mol. The van der Waals surface area contributed by atoms with Crippen LogP contribution in [0.5, 0.6) is 0 Å². The Bertz CT molecular complexity index is 412. The van der Waals surface area contributed by atoms with Crippen molar-refractivity contribution in [3.8, 4) is 0 Å². The molecule has 0 aliphatic heterocycles. The van der Waals surface area contributed by atoms with Crippen molar-refractivity contribution < 1.29 is 4.79 Å². The van der Waals surface area contributed by atoms with E-state index in [1.54, 1.807) is 18.2 Å². The Hall–Kier alpha value is -0.680. The van der Waals surface area contributed by atoms with Gasteiger partial charge in [-0.15, -0.1) is 0 Å². The van der Waals surface area contributed by atoms with E-state index < -0.39 is 0 Å². The first kappa shape index (κ1) is 16.4. The van der Waals surface area contributed by atoms with Crippen LogP contribution in [-0.2, 0) is 0 Å². The highest BCUT2D eigenvalue weighted by molar-refractivity contribution is 9.10. The lowest BCUT2D eigenvalue weighted by Gasteiger charge is -2.08. The lowest BCUT2D eigenvalue weighted by Crippen LogP contribution is -2.25. The zero-order valence-electron chi connectivity index (χ0n) is 11.2. The Balaban J connectivity index is 2.26. The second-order valence-corrected chi connectivity index (χ2v) is 6.15. The molecule has 0 aliphatic carbocycles. The number of hydrogen-bond donors (Lipinski definition) is 2. The summed E-state index contributed by atoms with van der Waals surface area (Å²) in [6.45, 7) is 0.722. The first-order chi connectivity index (χ1) is 9.16. The van der Waals surface area contributed by atoms with Crippen LogP contribution in [0.25, 0.3) is 0 Å². The maximum absolute atomic E-state index is 12.0. The molecule has 1 aromatic rings. The first-order valence-electron chi connectivity index (χ1n) is 6.48. The second-order valence-electron chi connectivity index (χ2n) is 4.37. The number of halogens is 1. The molecule has 1 rings (SSSR count). The third-order valence-electron chi connectivity index (χ3n) is 2.83. The second kappa shape index (κ2) is 9.26. The van der Waals surface area contributed by atoms with Gasteiger partial charge in [-0.3, -0.25) is 4.79 Å². The number of nitrogen functional groups attached to an aromatic ring is 1. The van der Waals surface area contributed by atoms with E-state index in [1.807, 2.05) is 11.8 Å². The highest BCUT2D eigenvalue weighted by Crippen LogP contribution is 2.23. The number of amides is 1. The van der Waals surface area contributed by atoms with Gasteiger partial charge in [0.05, 0.1) is 10.0 Å². The molecule has 0 saturated carbocycles. The largest absolute Gasteiger partial charge is 0.398 e. The van der Waals surface area contributed by atoms with Crippen molar-refractivity contribution >= 4 is 39.3 Å². The average molecular weight is 345 g/mol. The first-order valence-corrected chi connectivity index (χ1v) is 8.66. The molecule has 3 N–H and O–H groups in total.